The lowest BCUT2D eigenvalue weighted by atomic mass is 10.3. The molecule has 1 aromatic carbocycles. The fourth-order valence-electron chi connectivity index (χ4n) is 1.80. The van der Waals surface area contributed by atoms with E-state index < -0.39 is 0 Å². The van der Waals surface area contributed by atoms with Gasteiger partial charge in [-0.25, -0.2) is 4.68 Å². The molecule has 0 amide bonds. The van der Waals surface area contributed by atoms with Crippen molar-refractivity contribution in [2.24, 2.45) is 7.05 Å². The Morgan fingerprint density at radius 1 is 1.35 bits per heavy atom. The van der Waals surface area contributed by atoms with Gasteiger partial charge in [-0.05, 0) is 28.1 Å². The number of nitrogens with one attached hydrogen (secondary N) is 1. The van der Waals surface area contributed by atoms with E-state index in [1.807, 2.05) is 25.2 Å². The van der Waals surface area contributed by atoms with E-state index in [0.717, 1.165) is 24.5 Å². The van der Waals surface area contributed by atoms with E-state index in [1.54, 1.807) is 13.2 Å². The smallest absolute Gasteiger partial charge is 0.282 e. The lowest BCUT2D eigenvalue weighted by Crippen LogP contribution is -2.26. The summed E-state index contributed by atoms with van der Waals surface area (Å²) in [6.45, 7) is 1.55. The largest absolute Gasteiger partial charge is 0.381 e. The van der Waals surface area contributed by atoms with Gasteiger partial charge in [0.2, 0.25) is 0 Å². The molecule has 0 aliphatic rings. The first-order valence-corrected chi connectivity index (χ1v) is 7.11. The highest BCUT2D eigenvalue weighted by Gasteiger charge is 2.06. The molecule has 1 N–H and O–H groups in total. The van der Waals surface area contributed by atoms with Gasteiger partial charge < -0.3 is 10.2 Å². The monoisotopic (exact) mass is 336 g/mol. The minimum absolute atomic E-state index is 0.147. The van der Waals surface area contributed by atoms with Crippen molar-refractivity contribution in [2.75, 3.05) is 30.4 Å². The topological polar surface area (TPSA) is 50.2 Å². The Balaban J connectivity index is 1.94. The molecule has 0 aliphatic heterocycles. The molecule has 0 atom stereocenters. The van der Waals surface area contributed by atoms with Gasteiger partial charge in [0.25, 0.3) is 5.56 Å². The third kappa shape index (κ3) is 3.39. The van der Waals surface area contributed by atoms with Crippen molar-refractivity contribution in [3.8, 4) is 0 Å². The molecule has 1 heterocycles. The Bertz CT molecular complexity index is 627. The van der Waals surface area contributed by atoms with Crippen LogP contribution in [0.2, 0.25) is 0 Å². The van der Waals surface area contributed by atoms with Crippen LogP contribution in [-0.2, 0) is 7.05 Å². The normalized spacial score (nSPS) is 10.3. The molecule has 2 rings (SSSR count). The number of hydrogen-bond donors (Lipinski definition) is 1. The molecule has 20 heavy (non-hydrogen) atoms. The second-order valence-corrected chi connectivity index (χ2v) is 5.28. The fourth-order valence-corrected chi connectivity index (χ4v) is 2.30. The Morgan fingerprint density at radius 2 is 2.05 bits per heavy atom. The van der Waals surface area contributed by atoms with Gasteiger partial charge in [-0.3, -0.25) is 4.79 Å². The fraction of sp³-hybridized carbons (Fsp3) is 0.286. The minimum atomic E-state index is -0.147. The molecular formula is C14H17BrN4O. The van der Waals surface area contributed by atoms with Crippen LogP contribution < -0.4 is 15.8 Å². The molecule has 0 bridgehead atoms. The highest BCUT2D eigenvalue weighted by atomic mass is 79.9. The molecule has 0 saturated heterocycles. The van der Waals surface area contributed by atoms with E-state index >= 15 is 0 Å². The number of rotatable bonds is 5. The Labute approximate surface area is 126 Å². The van der Waals surface area contributed by atoms with Crippen LogP contribution in [-0.4, -0.2) is 29.9 Å². The molecular weight excluding hydrogens is 320 g/mol. The van der Waals surface area contributed by atoms with Crippen molar-refractivity contribution in [1.29, 1.82) is 0 Å². The maximum atomic E-state index is 11.7. The van der Waals surface area contributed by atoms with E-state index in [2.05, 4.69) is 43.4 Å². The number of hydrogen-bond acceptors (Lipinski definition) is 4. The first-order chi connectivity index (χ1) is 9.59. The van der Waals surface area contributed by atoms with Gasteiger partial charge in [-0.2, -0.15) is 5.10 Å². The standard InChI is InChI=1S/C14H17BrN4O/c1-18(11-6-4-3-5-7-11)9-8-16-12-10-17-19(2)14(20)13(12)15/h3-7,10,16H,8-9H2,1-2H3. The molecule has 106 valence electrons. The first kappa shape index (κ1) is 14.6. The average Bonchev–Trinajstić information content (AvgIpc) is 2.48. The van der Waals surface area contributed by atoms with Crippen molar-refractivity contribution in [3.05, 3.63) is 51.4 Å². The molecule has 1 aromatic heterocycles. The van der Waals surface area contributed by atoms with Crippen molar-refractivity contribution in [3.63, 3.8) is 0 Å². The van der Waals surface area contributed by atoms with Crippen LogP contribution in [0, 0.1) is 0 Å². The summed E-state index contributed by atoms with van der Waals surface area (Å²) in [6, 6.07) is 10.2. The van der Waals surface area contributed by atoms with Crippen LogP contribution in [0.1, 0.15) is 0 Å². The van der Waals surface area contributed by atoms with Crippen LogP contribution in [0.3, 0.4) is 0 Å². The van der Waals surface area contributed by atoms with Crippen molar-refractivity contribution in [1.82, 2.24) is 9.78 Å². The summed E-state index contributed by atoms with van der Waals surface area (Å²) in [5.74, 6) is 0. The Hall–Kier alpha value is -1.82. The summed E-state index contributed by atoms with van der Waals surface area (Å²) < 4.78 is 1.81. The predicted octanol–water partition coefficient (Wildman–Crippen LogP) is 2.09. The van der Waals surface area contributed by atoms with E-state index in [4.69, 9.17) is 0 Å². The Kier molecular flexibility index (Phi) is 4.79. The third-order valence-corrected chi connectivity index (χ3v) is 3.80. The number of para-hydroxylation sites is 1. The van der Waals surface area contributed by atoms with Crippen LogP contribution in [0.5, 0.6) is 0 Å². The highest BCUT2D eigenvalue weighted by molar-refractivity contribution is 9.10. The van der Waals surface area contributed by atoms with Crippen molar-refractivity contribution < 1.29 is 0 Å². The van der Waals surface area contributed by atoms with E-state index in [9.17, 15) is 4.79 Å². The number of aromatic nitrogens is 2. The number of halogens is 1. The van der Waals surface area contributed by atoms with Crippen molar-refractivity contribution in [2.45, 2.75) is 0 Å². The molecule has 0 radical (unpaired) electrons. The quantitative estimate of drug-likeness (QED) is 0.908. The number of likely N-dealkylation sites (N-methyl/N-ethyl adjacent to an activating group) is 1. The molecule has 0 fully saturated rings. The third-order valence-electron chi connectivity index (χ3n) is 3.04. The van der Waals surface area contributed by atoms with Gasteiger partial charge >= 0.3 is 0 Å². The lowest BCUT2D eigenvalue weighted by Gasteiger charge is -2.19. The molecule has 6 heteroatoms. The van der Waals surface area contributed by atoms with Gasteiger partial charge in [0.05, 0.1) is 11.9 Å². The predicted molar refractivity (Wildman–Crippen MR) is 85.4 cm³/mol. The van der Waals surface area contributed by atoms with Gasteiger partial charge in [-0.15, -0.1) is 0 Å². The summed E-state index contributed by atoms with van der Waals surface area (Å²) >= 11 is 3.29. The zero-order valence-electron chi connectivity index (χ0n) is 11.5. The number of anilines is 2. The summed E-state index contributed by atoms with van der Waals surface area (Å²) in [5, 5.41) is 7.21. The molecule has 0 spiro atoms. The van der Waals surface area contributed by atoms with Gasteiger partial charge in [0, 0.05) is 32.9 Å². The summed E-state index contributed by atoms with van der Waals surface area (Å²) in [6.07, 6.45) is 1.65. The van der Waals surface area contributed by atoms with E-state index in [-0.39, 0.29) is 5.56 Å². The number of nitrogens with zero attached hydrogens (tertiary/aromatic N) is 3. The molecule has 5 nitrogen and oxygen atoms in total. The molecule has 0 saturated carbocycles. The first-order valence-electron chi connectivity index (χ1n) is 6.31. The van der Waals surface area contributed by atoms with Crippen molar-refractivity contribution >= 4 is 27.3 Å². The van der Waals surface area contributed by atoms with E-state index in [0.29, 0.717) is 4.47 Å². The summed E-state index contributed by atoms with van der Waals surface area (Å²) in [5.41, 5.74) is 1.73. The van der Waals surface area contributed by atoms with Crippen LogP contribution in [0.15, 0.2) is 45.8 Å². The van der Waals surface area contributed by atoms with Crippen LogP contribution >= 0.6 is 15.9 Å². The summed E-state index contributed by atoms with van der Waals surface area (Å²) in [7, 11) is 3.66. The molecule has 2 aromatic rings. The highest BCUT2D eigenvalue weighted by Crippen LogP contribution is 2.16. The lowest BCUT2D eigenvalue weighted by molar-refractivity contribution is 0.703. The van der Waals surface area contributed by atoms with Gasteiger partial charge in [0.15, 0.2) is 0 Å². The van der Waals surface area contributed by atoms with Crippen LogP contribution in [0.4, 0.5) is 11.4 Å². The second-order valence-electron chi connectivity index (χ2n) is 4.48. The number of aryl methyl sites for hydroxylation is 1. The Morgan fingerprint density at radius 3 is 2.75 bits per heavy atom. The zero-order valence-corrected chi connectivity index (χ0v) is 13.1. The maximum absolute atomic E-state index is 11.7. The van der Waals surface area contributed by atoms with Crippen LogP contribution in [0.25, 0.3) is 0 Å². The van der Waals surface area contributed by atoms with Gasteiger partial charge in [-0.1, -0.05) is 18.2 Å². The van der Waals surface area contributed by atoms with Gasteiger partial charge in [0.1, 0.15) is 4.47 Å². The SMILES string of the molecule is CN(CCNc1cnn(C)c(=O)c1Br)c1ccccc1. The second kappa shape index (κ2) is 6.56. The zero-order chi connectivity index (χ0) is 14.5. The maximum Gasteiger partial charge on any atom is 0.282 e. The van der Waals surface area contributed by atoms with E-state index in [1.165, 1.54) is 4.68 Å². The number of benzene rings is 1. The molecule has 0 aliphatic carbocycles. The minimum Gasteiger partial charge on any atom is -0.381 e. The average molecular weight is 337 g/mol. The summed E-state index contributed by atoms with van der Waals surface area (Å²) in [4.78, 5) is 13.9. The molecule has 0 unspecified atom stereocenters.